The number of halogens is 1. The second-order valence-electron chi connectivity index (χ2n) is 5.68. The molecule has 0 spiro atoms. The lowest BCUT2D eigenvalue weighted by Gasteiger charge is -2.12. The van der Waals surface area contributed by atoms with Crippen molar-refractivity contribution >= 4 is 24.2 Å². The molecule has 0 atom stereocenters. The predicted molar refractivity (Wildman–Crippen MR) is 96.8 cm³/mol. The van der Waals surface area contributed by atoms with Gasteiger partial charge in [-0.1, -0.05) is 42.5 Å². The summed E-state index contributed by atoms with van der Waals surface area (Å²) in [5.74, 6) is 0.338. The fraction of sp³-hybridized carbons (Fsp3) is 0.105. The molecule has 2 heterocycles. The van der Waals surface area contributed by atoms with E-state index in [2.05, 4.69) is 9.97 Å². The zero-order valence-electron chi connectivity index (χ0n) is 13.3. The van der Waals surface area contributed by atoms with Gasteiger partial charge in [-0.2, -0.15) is 0 Å². The van der Waals surface area contributed by atoms with Gasteiger partial charge in [-0.15, -0.1) is 12.4 Å². The van der Waals surface area contributed by atoms with Crippen LogP contribution in [-0.4, -0.2) is 33.2 Å². The van der Waals surface area contributed by atoms with E-state index in [4.69, 9.17) is 0 Å². The highest BCUT2D eigenvalue weighted by atomic mass is 35.5. The molecule has 0 bridgehead atoms. The third-order valence-electron chi connectivity index (χ3n) is 4.16. The van der Waals surface area contributed by atoms with Crippen LogP contribution in [0.25, 0.3) is 11.4 Å². The van der Waals surface area contributed by atoms with Gasteiger partial charge in [-0.05, 0) is 12.1 Å². The maximum absolute atomic E-state index is 12.3. The average Bonchev–Trinajstić information content (AvgIpc) is 3.19. The molecule has 5 nitrogen and oxygen atoms in total. The maximum Gasteiger partial charge on any atom is 0.261 e. The number of carbonyl (C=O) groups excluding carboxylic acids is 2. The van der Waals surface area contributed by atoms with Crippen molar-refractivity contribution in [1.29, 1.82) is 0 Å². The van der Waals surface area contributed by atoms with E-state index < -0.39 is 0 Å². The van der Waals surface area contributed by atoms with Gasteiger partial charge < -0.3 is 4.98 Å². The van der Waals surface area contributed by atoms with Crippen LogP contribution >= 0.6 is 12.4 Å². The van der Waals surface area contributed by atoms with E-state index in [1.165, 1.54) is 4.90 Å². The van der Waals surface area contributed by atoms with E-state index in [1.807, 2.05) is 30.3 Å². The summed E-state index contributed by atoms with van der Waals surface area (Å²) in [7, 11) is 0. The summed E-state index contributed by atoms with van der Waals surface area (Å²) >= 11 is 0. The molecular weight excluding hydrogens is 338 g/mol. The molecule has 0 saturated heterocycles. The Labute approximate surface area is 151 Å². The highest BCUT2D eigenvalue weighted by Gasteiger charge is 2.34. The lowest BCUT2D eigenvalue weighted by Crippen LogP contribution is -2.31. The number of aromatic amines is 1. The van der Waals surface area contributed by atoms with Crippen molar-refractivity contribution in [2.45, 2.75) is 6.42 Å². The van der Waals surface area contributed by atoms with Gasteiger partial charge in [-0.25, -0.2) is 4.98 Å². The molecule has 6 heteroatoms. The van der Waals surface area contributed by atoms with Crippen LogP contribution in [-0.2, 0) is 6.42 Å². The molecule has 0 fully saturated rings. The lowest BCUT2D eigenvalue weighted by atomic mass is 10.1. The molecule has 0 aliphatic carbocycles. The molecule has 1 aliphatic rings. The highest BCUT2D eigenvalue weighted by molar-refractivity contribution is 6.21. The minimum Gasteiger partial charge on any atom is -0.342 e. The van der Waals surface area contributed by atoms with Gasteiger partial charge in [0, 0.05) is 30.4 Å². The monoisotopic (exact) mass is 353 g/mol. The normalized spacial score (nSPS) is 12.9. The number of fused-ring (bicyclic) bond motifs is 1. The zero-order valence-corrected chi connectivity index (χ0v) is 14.1. The Morgan fingerprint density at radius 2 is 1.48 bits per heavy atom. The summed E-state index contributed by atoms with van der Waals surface area (Å²) in [6.07, 6.45) is 2.30. The van der Waals surface area contributed by atoms with Crippen LogP contribution in [0.15, 0.2) is 60.8 Å². The fourth-order valence-electron chi connectivity index (χ4n) is 2.90. The van der Waals surface area contributed by atoms with Crippen molar-refractivity contribution in [3.05, 3.63) is 77.6 Å². The summed E-state index contributed by atoms with van der Waals surface area (Å²) < 4.78 is 0. The first-order chi connectivity index (χ1) is 11.7. The van der Waals surface area contributed by atoms with Gasteiger partial charge in [0.2, 0.25) is 0 Å². The van der Waals surface area contributed by atoms with Crippen molar-refractivity contribution in [2.24, 2.45) is 0 Å². The third-order valence-corrected chi connectivity index (χ3v) is 4.16. The van der Waals surface area contributed by atoms with Gasteiger partial charge in [0.1, 0.15) is 5.82 Å². The topological polar surface area (TPSA) is 66.1 Å². The van der Waals surface area contributed by atoms with Crippen molar-refractivity contribution in [2.75, 3.05) is 6.54 Å². The van der Waals surface area contributed by atoms with Crippen molar-refractivity contribution < 1.29 is 9.59 Å². The van der Waals surface area contributed by atoms with E-state index in [9.17, 15) is 9.59 Å². The number of H-pyrrole nitrogens is 1. The third kappa shape index (κ3) is 3.06. The molecule has 126 valence electrons. The molecule has 2 aromatic carbocycles. The second-order valence-corrected chi connectivity index (χ2v) is 5.68. The first-order valence-electron chi connectivity index (χ1n) is 7.78. The largest absolute Gasteiger partial charge is 0.342 e. The average molecular weight is 354 g/mol. The molecule has 1 N–H and O–H groups in total. The summed E-state index contributed by atoms with van der Waals surface area (Å²) in [6, 6.07) is 16.8. The Morgan fingerprint density at radius 3 is 2.12 bits per heavy atom. The molecular formula is C19H16ClN3O2. The van der Waals surface area contributed by atoms with Crippen molar-refractivity contribution in [3.63, 3.8) is 0 Å². The lowest BCUT2D eigenvalue weighted by molar-refractivity contribution is 0.0656. The number of imidazole rings is 1. The molecule has 4 rings (SSSR count). The van der Waals surface area contributed by atoms with E-state index >= 15 is 0 Å². The number of carbonyl (C=O) groups is 2. The number of nitrogens with one attached hydrogen (secondary N) is 1. The van der Waals surface area contributed by atoms with Crippen LogP contribution in [0.5, 0.6) is 0 Å². The molecule has 0 unspecified atom stereocenters. The molecule has 25 heavy (non-hydrogen) atoms. The second kappa shape index (κ2) is 6.91. The first kappa shape index (κ1) is 16.9. The molecule has 1 aliphatic heterocycles. The first-order valence-corrected chi connectivity index (χ1v) is 7.78. The molecule has 3 aromatic rings. The number of rotatable bonds is 4. The smallest absolute Gasteiger partial charge is 0.261 e. The molecule has 1 aromatic heterocycles. The Kier molecular flexibility index (Phi) is 4.67. The Bertz CT molecular complexity index is 886. The van der Waals surface area contributed by atoms with E-state index in [-0.39, 0.29) is 24.2 Å². The van der Waals surface area contributed by atoms with Crippen LogP contribution in [0.1, 0.15) is 26.4 Å². The van der Waals surface area contributed by atoms with Crippen LogP contribution in [0.3, 0.4) is 0 Å². The van der Waals surface area contributed by atoms with Crippen LogP contribution in [0.4, 0.5) is 0 Å². The van der Waals surface area contributed by atoms with Crippen LogP contribution in [0.2, 0.25) is 0 Å². The number of nitrogens with zero attached hydrogens (tertiary/aromatic N) is 2. The molecule has 0 saturated carbocycles. The summed E-state index contributed by atoms with van der Waals surface area (Å²) in [4.78, 5) is 33.6. The van der Waals surface area contributed by atoms with Crippen LogP contribution in [0, 0.1) is 0 Å². The van der Waals surface area contributed by atoms with Crippen LogP contribution < -0.4 is 0 Å². The number of hydrogen-bond acceptors (Lipinski definition) is 3. The number of hydrogen-bond donors (Lipinski definition) is 1. The van der Waals surface area contributed by atoms with Crippen molar-refractivity contribution in [3.8, 4) is 11.4 Å². The minimum absolute atomic E-state index is 0. The number of imide groups is 1. The van der Waals surface area contributed by atoms with Gasteiger partial charge in [-0.3, -0.25) is 14.5 Å². The fourth-order valence-corrected chi connectivity index (χ4v) is 2.90. The summed E-state index contributed by atoms with van der Waals surface area (Å²) in [5.41, 5.74) is 2.86. The Balaban J connectivity index is 0.00000182. The van der Waals surface area contributed by atoms with Gasteiger partial charge >= 0.3 is 0 Å². The van der Waals surface area contributed by atoms with E-state index in [1.54, 1.807) is 30.5 Å². The Morgan fingerprint density at radius 1 is 0.880 bits per heavy atom. The van der Waals surface area contributed by atoms with E-state index in [0.717, 1.165) is 17.1 Å². The number of amides is 2. The van der Waals surface area contributed by atoms with Crippen molar-refractivity contribution in [1.82, 2.24) is 14.9 Å². The number of aromatic nitrogens is 2. The van der Waals surface area contributed by atoms with E-state index in [0.29, 0.717) is 24.1 Å². The highest BCUT2D eigenvalue weighted by Crippen LogP contribution is 2.22. The maximum atomic E-state index is 12.3. The zero-order chi connectivity index (χ0) is 16.5. The summed E-state index contributed by atoms with van der Waals surface area (Å²) in [6.45, 7) is 0.336. The molecule has 0 radical (unpaired) electrons. The van der Waals surface area contributed by atoms with Gasteiger partial charge in [0.15, 0.2) is 0 Å². The SMILES string of the molecule is Cl.O=C1c2ccccc2C(=O)N1CCc1cnc(-c2ccccc2)[nH]1. The predicted octanol–water partition coefficient (Wildman–Crippen LogP) is 3.34. The quantitative estimate of drug-likeness (QED) is 0.731. The minimum atomic E-state index is -0.224. The summed E-state index contributed by atoms with van der Waals surface area (Å²) in [5, 5.41) is 0. The standard InChI is InChI=1S/C19H15N3O2.ClH/c23-18-15-8-4-5-9-16(15)19(24)22(18)11-10-14-12-20-17(21-14)13-6-2-1-3-7-13;/h1-9,12H,10-11H2,(H,20,21);1H. The number of benzene rings is 2. The molecule has 2 amide bonds. The Hall–Kier alpha value is -2.92. The van der Waals surface area contributed by atoms with Gasteiger partial charge in [0.05, 0.1) is 11.1 Å². The van der Waals surface area contributed by atoms with Gasteiger partial charge in [0.25, 0.3) is 11.8 Å².